The second kappa shape index (κ2) is 4.79. The van der Waals surface area contributed by atoms with Crippen LogP contribution in [0.15, 0.2) is 24.7 Å². The Hall–Kier alpha value is -1.84. The van der Waals surface area contributed by atoms with Gasteiger partial charge in [0, 0.05) is 12.4 Å². The molecule has 0 spiro atoms. The lowest BCUT2D eigenvalue weighted by atomic mass is 10.3. The number of hydrogen-bond acceptors (Lipinski definition) is 3. The van der Waals surface area contributed by atoms with Gasteiger partial charge in [0.25, 0.3) is 5.88 Å². The predicted molar refractivity (Wildman–Crippen MR) is 63.5 cm³/mol. The number of imidazole rings is 1. The SMILES string of the molecule is CCCC=Cc1cnc2c(OC)nccn12. The Kier molecular flexibility index (Phi) is 3.19. The number of unbranched alkanes of at least 4 members (excludes halogenated alkanes) is 1. The van der Waals surface area contributed by atoms with Crippen molar-refractivity contribution in [1.82, 2.24) is 14.4 Å². The van der Waals surface area contributed by atoms with Crippen LogP contribution in [0.3, 0.4) is 0 Å². The van der Waals surface area contributed by atoms with Gasteiger partial charge in [0.05, 0.1) is 19.0 Å². The lowest BCUT2D eigenvalue weighted by molar-refractivity contribution is 0.400. The van der Waals surface area contributed by atoms with E-state index in [1.54, 1.807) is 13.3 Å². The van der Waals surface area contributed by atoms with E-state index in [0.29, 0.717) is 5.88 Å². The first-order chi connectivity index (χ1) is 7.86. The van der Waals surface area contributed by atoms with Gasteiger partial charge in [-0.15, -0.1) is 0 Å². The van der Waals surface area contributed by atoms with Gasteiger partial charge >= 0.3 is 0 Å². The summed E-state index contributed by atoms with van der Waals surface area (Å²) in [4.78, 5) is 8.40. The van der Waals surface area contributed by atoms with Crippen LogP contribution in [0, 0.1) is 0 Å². The number of ether oxygens (including phenoxy) is 1. The molecule has 0 saturated heterocycles. The molecule has 0 saturated carbocycles. The summed E-state index contributed by atoms with van der Waals surface area (Å²) >= 11 is 0. The van der Waals surface area contributed by atoms with Crippen LogP contribution >= 0.6 is 0 Å². The third-order valence-corrected chi connectivity index (χ3v) is 2.36. The summed E-state index contributed by atoms with van der Waals surface area (Å²) in [6, 6.07) is 0. The van der Waals surface area contributed by atoms with Crippen molar-refractivity contribution in [3.8, 4) is 5.88 Å². The van der Waals surface area contributed by atoms with Gasteiger partial charge in [-0.2, -0.15) is 0 Å². The predicted octanol–water partition coefficient (Wildman–Crippen LogP) is 2.55. The lowest BCUT2D eigenvalue weighted by Gasteiger charge is -2.00. The van der Waals surface area contributed by atoms with E-state index in [1.807, 2.05) is 16.8 Å². The molecular formula is C12H15N3O. The summed E-state index contributed by atoms with van der Waals surface area (Å²) in [5, 5.41) is 0. The highest BCUT2D eigenvalue weighted by atomic mass is 16.5. The van der Waals surface area contributed by atoms with Crippen LogP contribution < -0.4 is 4.74 Å². The molecule has 0 N–H and O–H groups in total. The van der Waals surface area contributed by atoms with Gasteiger partial charge in [0.15, 0.2) is 0 Å². The number of nitrogens with zero attached hydrogens (tertiary/aromatic N) is 3. The maximum atomic E-state index is 5.15. The molecule has 2 heterocycles. The topological polar surface area (TPSA) is 39.4 Å². The molecule has 84 valence electrons. The fourth-order valence-electron chi connectivity index (χ4n) is 1.55. The zero-order valence-corrected chi connectivity index (χ0v) is 9.55. The van der Waals surface area contributed by atoms with Crippen LogP contribution in [0.2, 0.25) is 0 Å². The highest BCUT2D eigenvalue weighted by Gasteiger charge is 2.06. The number of aromatic nitrogens is 3. The number of allylic oxidation sites excluding steroid dienone is 1. The summed E-state index contributed by atoms with van der Waals surface area (Å²) in [5.41, 5.74) is 1.80. The third kappa shape index (κ3) is 1.91. The zero-order chi connectivity index (χ0) is 11.4. The van der Waals surface area contributed by atoms with Gasteiger partial charge in [-0.1, -0.05) is 19.4 Å². The van der Waals surface area contributed by atoms with Crippen molar-refractivity contribution in [3.05, 3.63) is 30.4 Å². The molecule has 16 heavy (non-hydrogen) atoms. The Labute approximate surface area is 94.6 Å². The Balaban J connectivity index is 2.41. The van der Waals surface area contributed by atoms with Gasteiger partial charge in [-0.05, 0) is 12.5 Å². The molecule has 0 unspecified atom stereocenters. The minimum absolute atomic E-state index is 0.553. The minimum atomic E-state index is 0.553. The summed E-state index contributed by atoms with van der Waals surface area (Å²) < 4.78 is 7.12. The summed E-state index contributed by atoms with van der Waals surface area (Å²) in [7, 11) is 1.60. The van der Waals surface area contributed by atoms with E-state index < -0.39 is 0 Å². The van der Waals surface area contributed by atoms with Gasteiger partial charge in [0.2, 0.25) is 5.65 Å². The number of fused-ring (bicyclic) bond motifs is 1. The second-order valence-electron chi connectivity index (χ2n) is 3.50. The molecule has 2 aromatic rings. The van der Waals surface area contributed by atoms with Gasteiger partial charge < -0.3 is 4.74 Å². The molecule has 4 nitrogen and oxygen atoms in total. The first-order valence-electron chi connectivity index (χ1n) is 5.39. The fourth-order valence-corrected chi connectivity index (χ4v) is 1.55. The standard InChI is InChI=1S/C12H15N3O/c1-3-4-5-6-10-9-14-11-12(16-2)13-7-8-15(10)11/h5-9H,3-4H2,1-2H3. The lowest BCUT2D eigenvalue weighted by Crippen LogP contribution is -1.94. The molecule has 0 amide bonds. The van der Waals surface area contributed by atoms with E-state index in [0.717, 1.165) is 24.2 Å². The molecule has 0 aliphatic carbocycles. The first-order valence-corrected chi connectivity index (χ1v) is 5.39. The molecular weight excluding hydrogens is 202 g/mol. The molecule has 0 aromatic carbocycles. The largest absolute Gasteiger partial charge is 0.478 e. The summed E-state index contributed by atoms with van der Waals surface area (Å²) in [6.45, 7) is 2.16. The Morgan fingerprint density at radius 3 is 3.06 bits per heavy atom. The van der Waals surface area contributed by atoms with Crippen LogP contribution in [0.5, 0.6) is 5.88 Å². The van der Waals surface area contributed by atoms with Crippen molar-refractivity contribution in [2.24, 2.45) is 0 Å². The first kappa shape index (κ1) is 10.7. The molecule has 4 heteroatoms. The van der Waals surface area contributed by atoms with Crippen LogP contribution in [0.1, 0.15) is 25.5 Å². The summed E-state index contributed by atoms with van der Waals surface area (Å²) in [6.07, 6.45) is 11.9. The highest BCUT2D eigenvalue weighted by Crippen LogP contribution is 2.16. The molecule has 0 fully saturated rings. The monoisotopic (exact) mass is 217 g/mol. The van der Waals surface area contributed by atoms with E-state index in [-0.39, 0.29) is 0 Å². The Bertz CT molecular complexity index is 502. The van der Waals surface area contributed by atoms with Gasteiger partial charge in [0.1, 0.15) is 0 Å². The van der Waals surface area contributed by atoms with Crippen molar-refractivity contribution in [1.29, 1.82) is 0 Å². The van der Waals surface area contributed by atoms with Crippen LogP contribution in [-0.2, 0) is 0 Å². The molecule has 2 rings (SSSR count). The quantitative estimate of drug-likeness (QED) is 0.790. The van der Waals surface area contributed by atoms with Gasteiger partial charge in [-0.3, -0.25) is 4.40 Å². The smallest absolute Gasteiger partial charge is 0.258 e. The van der Waals surface area contributed by atoms with E-state index in [2.05, 4.69) is 29.0 Å². The Morgan fingerprint density at radius 2 is 2.31 bits per heavy atom. The second-order valence-corrected chi connectivity index (χ2v) is 3.50. The maximum Gasteiger partial charge on any atom is 0.258 e. The zero-order valence-electron chi connectivity index (χ0n) is 9.55. The molecule has 0 radical (unpaired) electrons. The Morgan fingerprint density at radius 1 is 1.44 bits per heavy atom. The van der Waals surface area contributed by atoms with E-state index in [1.165, 1.54) is 0 Å². The van der Waals surface area contributed by atoms with E-state index >= 15 is 0 Å². The van der Waals surface area contributed by atoms with Crippen molar-refractivity contribution >= 4 is 11.7 Å². The van der Waals surface area contributed by atoms with Crippen LogP contribution in [0.25, 0.3) is 11.7 Å². The number of rotatable bonds is 4. The van der Waals surface area contributed by atoms with E-state index in [4.69, 9.17) is 4.74 Å². The maximum absolute atomic E-state index is 5.15. The fraction of sp³-hybridized carbons (Fsp3) is 0.333. The summed E-state index contributed by atoms with van der Waals surface area (Å²) in [5.74, 6) is 0.553. The average molecular weight is 217 g/mol. The van der Waals surface area contributed by atoms with Crippen LogP contribution in [0.4, 0.5) is 0 Å². The highest BCUT2D eigenvalue weighted by molar-refractivity contribution is 5.56. The van der Waals surface area contributed by atoms with Crippen molar-refractivity contribution in [3.63, 3.8) is 0 Å². The normalized spacial score (nSPS) is 11.4. The molecule has 2 aromatic heterocycles. The van der Waals surface area contributed by atoms with Gasteiger partial charge in [-0.25, -0.2) is 9.97 Å². The number of hydrogen-bond donors (Lipinski definition) is 0. The molecule has 0 aliphatic rings. The van der Waals surface area contributed by atoms with Crippen molar-refractivity contribution in [2.45, 2.75) is 19.8 Å². The average Bonchev–Trinajstić information content (AvgIpc) is 2.73. The minimum Gasteiger partial charge on any atom is -0.478 e. The van der Waals surface area contributed by atoms with E-state index in [9.17, 15) is 0 Å². The molecule has 0 aliphatic heterocycles. The number of methoxy groups -OCH3 is 1. The van der Waals surface area contributed by atoms with Crippen molar-refractivity contribution in [2.75, 3.05) is 7.11 Å². The molecule has 0 bridgehead atoms. The van der Waals surface area contributed by atoms with Crippen LogP contribution in [-0.4, -0.2) is 21.5 Å². The third-order valence-electron chi connectivity index (χ3n) is 2.36. The van der Waals surface area contributed by atoms with Crippen molar-refractivity contribution < 1.29 is 4.74 Å². The molecule has 0 atom stereocenters.